The van der Waals surface area contributed by atoms with E-state index in [2.05, 4.69) is 0 Å². The maximum absolute atomic E-state index is 13.0. The molecular formula is C22H37GdN5O9. The topological polar surface area (TPSA) is 182 Å². The van der Waals surface area contributed by atoms with Crippen LogP contribution in [-0.2, 0) is 24.0 Å². The van der Waals surface area contributed by atoms with E-state index in [4.69, 9.17) is 0 Å². The van der Waals surface area contributed by atoms with Gasteiger partial charge in [0.25, 0.3) is 0 Å². The molecule has 0 fully saturated rings. The normalized spacial score (nSPS) is 16.7. The minimum Gasteiger partial charge on any atom is -0.480 e. The summed E-state index contributed by atoms with van der Waals surface area (Å²) in [6, 6.07) is 0. The monoisotopic (exact) mass is 673 g/mol. The van der Waals surface area contributed by atoms with Crippen molar-refractivity contribution in [3.8, 4) is 0 Å². The SMILES string of the molecule is CC(C)CN(CC(=O)O)C(=O)CN1CCN(CC(=O)O)/C=C\N(CC(=O)O)CCN(CC(=O)O)CC1.[Gd]. The number of hydrogen-bond donors (Lipinski definition) is 4. The van der Waals surface area contributed by atoms with Crippen LogP contribution in [0.3, 0.4) is 0 Å². The molecule has 0 aromatic heterocycles. The van der Waals surface area contributed by atoms with E-state index >= 15 is 0 Å². The number of amides is 1. The van der Waals surface area contributed by atoms with E-state index in [1.54, 1.807) is 9.80 Å². The average molecular weight is 673 g/mol. The minimum atomic E-state index is -1.13. The molecule has 0 atom stereocenters. The Bertz CT molecular complexity index is 811. The molecule has 15 heteroatoms. The summed E-state index contributed by atoms with van der Waals surface area (Å²) in [5.41, 5.74) is 0. The zero-order valence-corrected chi connectivity index (χ0v) is 23.4. The quantitative estimate of drug-likeness (QED) is 0.188. The van der Waals surface area contributed by atoms with Crippen LogP contribution < -0.4 is 0 Å². The van der Waals surface area contributed by atoms with Crippen LogP contribution >= 0.6 is 0 Å². The molecule has 14 nitrogen and oxygen atoms in total. The van der Waals surface area contributed by atoms with Crippen molar-refractivity contribution < 1.29 is 84.3 Å². The largest absolute Gasteiger partial charge is 0.480 e. The third kappa shape index (κ3) is 16.4. The smallest absolute Gasteiger partial charge is 0.323 e. The first-order valence-corrected chi connectivity index (χ1v) is 11.6. The molecule has 0 aromatic carbocycles. The second-order valence-corrected chi connectivity index (χ2v) is 9.03. The Morgan fingerprint density at radius 3 is 1.46 bits per heavy atom. The van der Waals surface area contributed by atoms with Gasteiger partial charge in [-0.25, -0.2) is 0 Å². The molecular weight excluding hydrogens is 636 g/mol. The van der Waals surface area contributed by atoms with Crippen molar-refractivity contribution in [3.63, 3.8) is 0 Å². The van der Waals surface area contributed by atoms with Crippen molar-refractivity contribution in [2.45, 2.75) is 13.8 Å². The Labute approximate surface area is 248 Å². The first-order chi connectivity index (χ1) is 16.8. The third-order valence-corrected chi connectivity index (χ3v) is 5.29. The van der Waals surface area contributed by atoms with Crippen LogP contribution in [0.2, 0.25) is 0 Å². The summed E-state index contributed by atoms with van der Waals surface area (Å²) in [4.78, 5) is 65.7. The Hall–Kier alpha value is -2.07. The number of nitrogens with zero attached hydrogens (tertiary/aromatic N) is 5. The fourth-order valence-corrected chi connectivity index (χ4v) is 3.65. The molecule has 0 bridgehead atoms. The van der Waals surface area contributed by atoms with E-state index in [-0.39, 0.29) is 118 Å². The summed E-state index contributed by atoms with van der Waals surface area (Å²) in [7, 11) is 0. The summed E-state index contributed by atoms with van der Waals surface area (Å²) < 4.78 is 0. The zero-order chi connectivity index (χ0) is 27.3. The Kier molecular flexibility index (Phi) is 17.2. The summed E-state index contributed by atoms with van der Waals surface area (Å²) in [5, 5.41) is 36.9. The van der Waals surface area contributed by atoms with Crippen LogP contribution in [0.4, 0.5) is 0 Å². The van der Waals surface area contributed by atoms with Crippen molar-refractivity contribution in [1.29, 1.82) is 0 Å². The van der Waals surface area contributed by atoms with Crippen molar-refractivity contribution in [2.75, 3.05) is 78.5 Å². The molecule has 0 aliphatic carbocycles. The van der Waals surface area contributed by atoms with E-state index in [0.29, 0.717) is 0 Å². The van der Waals surface area contributed by atoms with E-state index in [1.807, 2.05) is 13.8 Å². The van der Waals surface area contributed by atoms with Crippen LogP contribution in [0.5, 0.6) is 0 Å². The maximum atomic E-state index is 13.0. The summed E-state index contributed by atoms with van der Waals surface area (Å²) >= 11 is 0. The molecule has 4 N–H and O–H groups in total. The van der Waals surface area contributed by atoms with Gasteiger partial charge in [0, 0.05) is 98.2 Å². The molecule has 0 saturated heterocycles. The molecule has 37 heavy (non-hydrogen) atoms. The van der Waals surface area contributed by atoms with Crippen LogP contribution in [-0.4, -0.2) is 153 Å². The van der Waals surface area contributed by atoms with E-state index in [1.165, 1.54) is 27.1 Å². The number of carboxylic acids is 4. The number of carbonyl (C=O) groups excluding carboxylic acids is 1. The summed E-state index contributed by atoms with van der Waals surface area (Å²) in [6.45, 7) is 3.85. The molecule has 1 amide bonds. The van der Waals surface area contributed by atoms with Gasteiger partial charge in [-0.15, -0.1) is 0 Å². The van der Waals surface area contributed by atoms with Crippen molar-refractivity contribution >= 4 is 29.8 Å². The number of rotatable bonds is 12. The van der Waals surface area contributed by atoms with Gasteiger partial charge in [-0.3, -0.25) is 33.8 Å². The van der Waals surface area contributed by atoms with Crippen molar-refractivity contribution in [3.05, 3.63) is 12.4 Å². The Morgan fingerprint density at radius 2 is 1.08 bits per heavy atom. The third-order valence-electron chi connectivity index (χ3n) is 5.29. The van der Waals surface area contributed by atoms with Crippen molar-refractivity contribution in [2.24, 2.45) is 5.92 Å². The predicted octanol–water partition coefficient (Wildman–Crippen LogP) is -1.50. The van der Waals surface area contributed by atoms with Crippen LogP contribution in [0.15, 0.2) is 12.4 Å². The van der Waals surface area contributed by atoms with Gasteiger partial charge in [-0.05, 0) is 5.92 Å². The van der Waals surface area contributed by atoms with E-state index in [0.717, 1.165) is 0 Å². The first-order valence-electron chi connectivity index (χ1n) is 11.6. The van der Waals surface area contributed by atoms with Gasteiger partial charge in [0.1, 0.15) is 19.6 Å². The van der Waals surface area contributed by atoms with Crippen LogP contribution in [0, 0.1) is 45.9 Å². The van der Waals surface area contributed by atoms with E-state index < -0.39 is 36.3 Å². The summed E-state index contributed by atoms with van der Waals surface area (Å²) in [5.74, 6) is -4.70. The number of carboxylic acid groups (broad SMARTS) is 4. The second-order valence-electron chi connectivity index (χ2n) is 9.03. The van der Waals surface area contributed by atoms with Gasteiger partial charge in [0.05, 0.1) is 13.1 Å². The molecule has 1 rings (SSSR count). The molecule has 212 valence electrons. The molecule has 0 radical (unpaired) electrons. The van der Waals surface area contributed by atoms with Crippen LogP contribution in [0.1, 0.15) is 13.8 Å². The fourth-order valence-electron chi connectivity index (χ4n) is 3.65. The van der Waals surface area contributed by atoms with E-state index in [9.17, 15) is 44.4 Å². The first kappa shape index (κ1) is 34.9. The van der Waals surface area contributed by atoms with Crippen LogP contribution in [0.25, 0.3) is 0 Å². The molecule has 1 aliphatic rings. The second kappa shape index (κ2) is 18.2. The van der Waals surface area contributed by atoms with Gasteiger partial charge in [0.2, 0.25) is 5.91 Å². The maximum Gasteiger partial charge on any atom is 0.323 e. The van der Waals surface area contributed by atoms with Gasteiger partial charge in [0.15, 0.2) is 0 Å². The molecule has 0 unspecified atom stereocenters. The predicted molar refractivity (Wildman–Crippen MR) is 127 cm³/mol. The Balaban J connectivity index is 0.0000130. The molecule has 1 heterocycles. The molecule has 1 aliphatic heterocycles. The molecule has 0 spiro atoms. The summed E-state index contributed by atoms with van der Waals surface area (Å²) in [6.07, 6.45) is 2.93. The number of carbonyl (C=O) groups is 5. The zero-order valence-electron chi connectivity index (χ0n) is 21.1. The average Bonchev–Trinajstić information content (AvgIpc) is 2.73. The molecule has 0 aromatic rings. The van der Waals surface area contributed by atoms with Crippen molar-refractivity contribution in [1.82, 2.24) is 24.5 Å². The number of hydrogen-bond acceptors (Lipinski definition) is 9. The van der Waals surface area contributed by atoms with Gasteiger partial charge in [-0.1, -0.05) is 13.8 Å². The van der Waals surface area contributed by atoms with Gasteiger partial charge in [-0.2, -0.15) is 0 Å². The van der Waals surface area contributed by atoms with Gasteiger partial charge < -0.3 is 35.1 Å². The minimum absolute atomic E-state index is 0. The standard InChI is InChI=1S/C22H37N5O9.Gd/c1-17(2)11-27(16-22(35)36)18(28)12-23-3-5-24(13-19(29)30)7-9-26(15-21(33)34)10-8-25(6-4-23)14-20(31)32;/h7,9,17H,3-6,8,10-16H2,1-2H3,(H,29,30)(H,31,32)(H,33,34)(H,35,36);/b9-7-;. The molecule has 0 saturated carbocycles. The number of aliphatic carboxylic acids is 4. The van der Waals surface area contributed by atoms with Gasteiger partial charge >= 0.3 is 23.9 Å². The Morgan fingerprint density at radius 1 is 0.676 bits per heavy atom. The fraction of sp³-hybridized carbons (Fsp3) is 0.682.